The van der Waals surface area contributed by atoms with Gasteiger partial charge in [-0.1, -0.05) is 37.1 Å². The first-order valence-corrected chi connectivity index (χ1v) is 11.8. The minimum absolute atomic E-state index is 0.0458. The van der Waals surface area contributed by atoms with Crippen LogP contribution < -0.4 is 10.6 Å². The Morgan fingerprint density at radius 3 is 2.79 bits per heavy atom. The molecule has 0 aliphatic rings. The third-order valence-corrected chi connectivity index (χ3v) is 6.26. The second kappa shape index (κ2) is 10.8. The summed E-state index contributed by atoms with van der Waals surface area (Å²) in [5, 5.41) is 6.79. The van der Waals surface area contributed by atoms with Crippen molar-refractivity contribution < 1.29 is 9.59 Å². The number of para-hydroxylation sites is 1. The third kappa shape index (κ3) is 5.61. The fourth-order valence-electron chi connectivity index (χ4n) is 3.74. The van der Waals surface area contributed by atoms with Crippen LogP contribution >= 0.6 is 11.3 Å². The molecule has 1 aromatic carbocycles. The highest BCUT2D eigenvalue weighted by Gasteiger charge is 2.20. The third-order valence-electron chi connectivity index (χ3n) is 5.49. The van der Waals surface area contributed by atoms with Crippen LogP contribution in [0, 0.1) is 0 Å². The molecule has 0 saturated heterocycles. The number of aromatic nitrogens is 4. The van der Waals surface area contributed by atoms with Crippen LogP contribution in [0.4, 0.5) is 0 Å². The van der Waals surface area contributed by atoms with Crippen molar-refractivity contribution in [2.24, 2.45) is 0 Å². The van der Waals surface area contributed by atoms with Crippen molar-refractivity contribution >= 4 is 34.1 Å². The number of H-pyrrole nitrogens is 1. The first-order chi connectivity index (χ1) is 16.2. The van der Waals surface area contributed by atoms with Crippen LogP contribution in [0.1, 0.15) is 53.6 Å². The van der Waals surface area contributed by atoms with Crippen molar-refractivity contribution in [2.45, 2.75) is 38.1 Å². The van der Waals surface area contributed by atoms with Gasteiger partial charge in [-0.15, -0.1) is 11.3 Å². The van der Waals surface area contributed by atoms with E-state index < -0.39 is 0 Å². The van der Waals surface area contributed by atoms with Crippen LogP contribution in [0.15, 0.2) is 54.4 Å². The van der Waals surface area contributed by atoms with Crippen molar-refractivity contribution in [3.05, 3.63) is 65.1 Å². The van der Waals surface area contributed by atoms with Crippen molar-refractivity contribution in [1.82, 2.24) is 30.6 Å². The number of carbonyl (C=O) groups excluding carboxylic acids is 2. The minimum atomic E-state index is -0.281. The molecule has 0 radical (unpaired) electrons. The molecule has 3 N–H and O–H groups in total. The summed E-state index contributed by atoms with van der Waals surface area (Å²) in [4.78, 5) is 41.2. The van der Waals surface area contributed by atoms with Crippen LogP contribution in [0.3, 0.4) is 0 Å². The zero-order valence-corrected chi connectivity index (χ0v) is 19.2. The van der Waals surface area contributed by atoms with E-state index in [0.717, 1.165) is 41.4 Å². The molecule has 0 spiro atoms. The van der Waals surface area contributed by atoms with Gasteiger partial charge in [0.05, 0.1) is 35.2 Å². The average molecular weight is 463 g/mol. The number of imidazole rings is 1. The Hall–Kier alpha value is -3.59. The summed E-state index contributed by atoms with van der Waals surface area (Å²) in [6, 6.07) is 9.70. The lowest BCUT2D eigenvalue weighted by Crippen LogP contribution is -2.28. The maximum Gasteiger partial charge on any atom is 0.263 e. The standard InChI is InChI=1S/C24H26N6O2S/c1-25-21(31)11-4-2-3-10-18(30-24(32)20-14-26-15-33-20)23-28-13-19(29-23)17-9-5-7-16-8-6-12-27-22(16)17/h5-9,12-15,18H,2-4,10-11H2,1H3,(H,25,31)(H,28,29)(H,30,32)/t18-/m0/s1. The highest BCUT2D eigenvalue weighted by Crippen LogP contribution is 2.28. The van der Waals surface area contributed by atoms with Gasteiger partial charge in [0.2, 0.25) is 5.91 Å². The molecule has 0 unspecified atom stereocenters. The molecular weight excluding hydrogens is 436 g/mol. The van der Waals surface area contributed by atoms with E-state index in [2.05, 4.69) is 30.6 Å². The largest absolute Gasteiger partial charge is 0.359 e. The molecule has 3 aromatic heterocycles. The SMILES string of the molecule is CNC(=O)CCCCC[C@H](NC(=O)c1cncs1)c1ncc(-c2cccc3cccnc23)[nH]1. The van der Waals surface area contributed by atoms with Gasteiger partial charge < -0.3 is 15.6 Å². The first kappa shape index (κ1) is 22.6. The number of nitrogens with zero attached hydrogens (tertiary/aromatic N) is 3. The number of thiazole rings is 1. The van der Waals surface area contributed by atoms with Gasteiger partial charge >= 0.3 is 0 Å². The number of nitrogens with one attached hydrogen (secondary N) is 3. The van der Waals surface area contributed by atoms with Crippen LogP contribution in [-0.4, -0.2) is 38.8 Å². The van der Waals surface area contributed by atoms with Gasteiger partial charge in [-0.3, -0.25) is 19.6 Å². The van der Waals surface area contributed by atoms with E-state index in [1.165, 1.54) is 11.3 Å². The van der Waals surface area contributed by atoms with Crippen molar-refractivity contribution in [2.75, 3.05) is 7.05 Å². The number of hydrogen-bond acceptors (Lipinski definition) is 6. The molecule has 0 aliphatic heterocycles. The number of amides is 2. The summed E-state index contributed by atoms with van der Waals surface area (Å²) in [5.74, 6) is 0.573. The van der Waals surface area contributed by atoms with Gasteiger partial charge in [0.15, 0.2) is 0 Å². The molecule has 2 amide bonds. The molecule has 4 aromatic rings. The van der Waals surface area contributed by atoms with E-state index in [4.69, 9.17) is 0 Å². The second-order valence-corrected chi connectivity index (χ2v) is 8.61. The summed E-state index contributed by atoms with van der Waals surface area (Å²) in [6.45, 7) is 0. The van der Waals surface area contributed by atoms with Crippen molar-refractivity contribution in [3.63, 3.8) is 0 Å². The lowest BCUT2D eigenvalue weighted by molar-refractivity contribution is -0.120. The number of aromatic amines is 1. The van der Waals surface area contributed by atoms with Gasteiger partial charge in [-0.05, 0) is 18.9 Å². The molecule has 1 atom stereocenters. The zero-order valence-electron chi connectivity index (χ0n) is 18.4. The molecule has 33 heavy (non-hydrogen) atoms. The number of fused-ring (bicyclic) bond motifs is 1. The Morgan fingerprint density at radius 1 is 1.09 bits per heavy atom. The normalized spacial score (nSPS) is 11.9. The highest BCUT2D eigenvalue weighted by molar-refractivity contribution is 7.11. The molecule has 3 heterocycles. The summed E-state index contributed by atoms with van der Waals surface area (Å²) < 4.78 is 0. The van der Waals surface area contributed by atoms with Crippen LogP contribution in [0.5, 0.6) is 0 Å². The van der Waals surface area contributed by atoms with Crippen LogP contribution in [0.25, 0.3) is 22.2 Å². The monoisotopic (exact) mass is 462 g/mol. The van der Waals surface area contributed by atoms with Crippen molar-refractivity contribution in [3.8, 4) is 11.3 Å². The Labute approximate surface area is 195 Å². The number of pyridine rings is 1. The number of carbonyl (C=O) groups is 2. The topological polar surface area (TPSA) is 113 Å². The first-order valence-electron chi connectivity index (χ1n) is 10.9. The quantitative estimate of drug-likeness (QED) is 0.305. The number of unbranched alkanes of at least 4 members (excludes halogenated alkanes) is 2. The maximum absolute atomic E-state index is 12.7. The molecule has 0 fully saturated rings. The Morgan fingerprint density at radius 2 is 1.97 bits per heavy atom. The summed E-state index contributed by atoms with van der Waals surface area (Å²) in [5.41, 5.74) is 4.35. The zero-order chi connectivity index (χ0) is 23.0. The maximum atomic E-state index is 12.7. The lowest BCUT2D eigenvalue weighted by Gasteiger charge is -2.16. The van der Waals surface area contributed by atoms with Gasteiger partial charge in [-0.2, -0.15) is 0 Å². The van der Waals surface area contributed by atoms with Gasteiger partial charge in [0.1, 0.15) is 10.7 Å². The molecule has 4 rings (SSSR count). The number of hydrogen-bond donors (Lipinski definition) is 3. The molecule has 0 aliphatic carbocycles. The molecule has 8 nitrogen and oxygen atoms in total. The van der Waals surface area contributed by atoms with Gasteiger partial charge in [0.25, 0.3) is 5.91 Å². The number of benzene rings is 1. The number of rotatable bonds is 10. The molecular formula is C24H26N6O2S. The predicted octanol–water partition coefficient (Wildman–Crippen LogP) is 4.25. The summed E-state index contributed by atoms with van der Waals surface area (Å²) >= 11 is 1.30. The van der Waals surface area contributed by atoms with E-state index in [9.17, 15) is 9.59 Å². The second-order valence-electron chi connectivity index (χ2n) is 7.73. The average Bonchev–Trinajstić information content (AvgIpc) is 3.55. The lowest BCUT2D eigenvalue weighted by atomic mass is 10.1. The van der Waals surface area contributed by atoms with E-state index in [1.54, 1.807) is 31.1 Å². The van der Waals surface area contributed by atoms with Crippen molar-refractivity contribution in [1.29, 1.82) is 0 Å². The van der Waals surface area contributed by atoms with E-state index in [-0.39, 0.29) is 17.9 Å². The Kier molecular flexibility index (Phi) is 7.41. The van der Waals surface area contributed by atoms with Gasteiger partial charge in [0, 0.05) is 30.6 Å². The van der Waals surface area contributed by atoms with Gasteiger partial charge in [-0.25, -0.2) is 4.98 Å². The fraction of sp³-hybridized carbons (Fsp3) is 0.292. The Balaban J connectivity index is 1.51. The molecule has 9 heteroatoms. The molecule has 170 valence electrons. The van der Waals surface area contributed by atoms with E-state index >= 15 is 0 Å². The van der Waals surface area contributed by atoms with Crippen LogP contribution in [0.2, 0.25) is 0 Å². The summed E-state index contributed by atoms with van der Waals surface area (Å²) in [7, 11) is 1.65. The summed E-state index contributed by atoms with van der Waals surface area (Å²) in [6.07, 6.45) is 8.90. The fourth-order valence-corrected chi connectivity index (χ4v) is 4.27. The van der Waals surface area contributed by atoms with E-state index in [1.807, 2.05) is 30.3 Å². The molecule has 0 bridgehead atoms. The highest BCUT2D eigenvalue weighted by atomic mass is 32.1. The Bertz CT molecular complexity index is 1220. The van der Waals surface area contributed by atoms with E-state index in [0.29, 0.717) is 23.5 Å². The molecule has 0 saturated carbocycles. The van der Waals surface area contributed by atoms with Crippen LogP contribution in [-0.2, 0) is 4.79 Å². The minimum Gasteiger partial charge on any atom is -0.359 e. The predicted molar refractivity (Wildman–Crippen MR) is 129 cm³/mol. The smallest absolute Gasteiger partial charge is 0.263 e.